The second kappa shape index (κ2) is 7.32. The predicted octanol–water partition coefficient (Wildman–Crippen LogP) is 6.35. The molecule has 0 aliphatic rings. The summed E-state index contributed by atoms with van der Waals surface area (Å²) in [7, 11) is 0. The third-order valence-corrected chi connectivity index (χ3v) is 5.30. The summed E-state index contributed by atoms with van der Waals surface area (Å²) in [6, 6.07) is 18.5. The fraction of sp³-hybridized carbons (Fsp3) is 0.200. The van der Waals surface area contributed by atoms with Gasteiger partial charge in [0.05, 0.1) is 0 Å². The molecule has 0 radical (unpaired) electrons. The molecule has 3 aromatic carbocycles. The monoisotopic (exact) mass is 356 g/mol. The van der Waals surface area contributed by atoms with E-state index in [0.717, 1.165) is 38.9 Å². The normalized spacial score (nSPS) is 10.7. The molecule has 0 spiro atoms. The highest BCUT2D eigenvalue weighted by Gasteiger charge is 2.24. The number of benzene rings is 3. The van der Waals surface area contributed by atoms with Gasteiger partial charge in [0.25, 0.3) is 0 Å². The molecule has 0 saturated carbocycles. The summed E-state index contributed by atoms with van der Waals surface area (Å²) in [5.74, 6) is -0.133. The Morgan fingerprint density at radius 3 is 1.63 bits per heavy atom. The lowest BCUT2D eigenvalue weighted by molar-refractivity contribution is 0.0979. The van der Waals surface area contributed by atoms with E-state index in [9.17, 15) is 9.59 Å². The first-order valence-corrected chi connectivity index (χ1v) is 9.15. The van der Waals surface area contributed by atoms with E-state index in [1.165, 1.54) is 13.8 Å². The molecule has 0 heterocycles. The van der Waals surface area contributed by atoms with Crippen LogP contribution >= 0.6 is 0 Å². The van der Waals surface area contributed by atoms with E-state index in [4.69, 9.17) is 0 Å². The molecule has 136 valence electrons. The topological polar surface area (TPSA) is 34.1 Å². The van der Waals surface area contributed by atoms with Gasteiger partial charge in [-0.2, -0.15) is 0 Å². The maximum Gasteiger partial charge on any atom is 0.160 e. The molecular formula is C25H24O2. The molecule has 3 rings (SSSR count). The third kappa shape index (κ3) is 3.23. The van der Waals surface area contributed by atoms with Crippen LogP contribution in [0.4, 0.5) is 0 Å². The summed E-state index contributed by atoms with van der Waals surface area (Å²) in [5.41, 5.74) is 8.28. The molecule has 0 bridgehead atoms. The van der Waals surface area contributed by atoms with Gasteiger partial charge in [0.1, 0.15) is 0 Å². The third-order valence-electron chi connectivity index (χ3n) is 5.30. The average Bonchev–Trinajstić information content (AvgIpc) is 2.65. The van der Waals surface area contributed by atoms with Gasteiger partial charge >= 0.3 is 0 Å². The van der Waals surface area contributed by atoms with Gasteiger partial charge in [-0.3, -0.25) is 9.59 Å². The Hall–Kier alpha value is -3.00. The van der Waals surface area contributed by atoms with Crippen molar-refractivity contribution in [2.45, 2.75) is 34.6 Å². The highest BCUT2D eigenvalue weighted by atomic mass is 16.1. The van der Waals surface area contributed by atoms with E-state index < -0.39 is 0 Å². The Morgan fingerprint density at radius 2 is 1.07 bits per heavy atom. The quantitative estimate of drug-likeness (QED) is 0.510. The first-order valence-electron chi connectivity index (χ1n) is 9.15. The van der Waals surface area contributed by atoms with Crippen molar-refractivity contribution in [3.63, 3.8) is 0 Å². The number of hydrogen-bond acceptors (Lipinski definition) is 2. The highest BCUT2D eigenvalue weighted by molar-refractivity contribution is 6.11. The van der Waals surface area contributed by atoms with Crippen molar-refractivity contribution >= 4 is 11.6 Å². The van der Waals surface area contributed by atoms with Crippen LogP contribution < -0.4 is 0 Å². The molecule has 0 aliphatic carbocycles. The van der Waals surface area contributed by atoms with Crippen LogP contribution in [0, 0.1) is 20.8 Å². The van der Waals surface area contributed by atoms with Gasteiger partial charge in [0, 0.05) is 11.1 Å². The molecule has 2 heteroatoms. The van der Waals surface area contributed by atoms with Crippen molar-refractivity contribution in [2.75, 3.05) is 0 Å². The van der Waals surface area contributed by atoms with Crippen molar-refractivity contribution in [3.8, 4) is 22.3 Å². The second-order valence-electron chi connectivity index (χ2n) is 7.02. The Balaban J connectivity index is 2.42. The molecule has 0 aliphatic heterocycles. The zero-order chi connectivity index (χ0) is 19.7. The van der Waals surface area contributed by atoms with E-state index in [-0.39, 0.29) is 11.6 Å². The molecule has 0 amide bonds. The van der Waals surface area contributed by atoms with Gasteiger partial charge < -0.3 is 0 Å². The van der Waals surface area contributed by atoms with Gasteiger partial charge in [-0.25, -0.2) is 0 Å². The van der Waals surface area contributed by atoms with E-state index in [2.05, 4.69) is 24.3 Å². The Bertz CT molecular complexity index is 1040. The van der Waals surface area contributed by atoms with Crippen LogP contribution in [0.25, 0.3) is 22.3 Å². The zero-order valence-electron chi connectivity index (χ0n) is 16.5. The lowest BCUT2D eigenvalue weighted by atomic mass is 9.81. The Kier molecular flexibility index (Phi) is 5.09. The standard InChI is InChI=1S/C25H24O2/c1-15-16(2)24(18(4)26)25(19(5)27)17(3)23(15)22-14-10-9-13-21(22)20-11-7-6-8-12-20/h6-14H,1-5H3. The highest BCUT2D eigenvalue weighted by Crippen LogP contribution is 2.39. The average molecular weight is 356 g/mol. The van der Waals surface area contributed by atoms with Gasteiger partial charge in [0.2, 0.25) is 0 Å². The van der Waals surface area contributed by atoms with Gasteiger partial charge in [-0.15, -0.1) is 0 Å². The van der Waals surface area contributed by atoms with Crippen LogP contribution in [0.5, 0.6) is 0 Å². The van der Waals surface area contributed by atoms with Crippen molar-refractivity contribution in [1.29, 1.82) is 0 Å². The largest absolute Gasteiger partial charge is 0.294 e. The van der Waals surface area contributed by atoms with Crippen molar-refractivity contribution < 1.29 is 9.59 Å². The summed E-state index contributed by atoms with van der Waals surface area (Å²) in [5, 5.41) is 0. The minimum atomic E-state index is -0.0701. The second-order valence-corrected chi connectivity index (χ2v) is 7.02. The fourth-order valence-corrected chi connectivity index (χ4v) is 4.01. The molecule has 0 saturated heterocycles. The van der Waals surface area contributed by atoms with Crippen LogP contribution in [-0.2, 0) is 0 Å². The molecule has 3 aromatic rings. The number of rotatable bonds is 4. The summed E-state index contributed by atoms with van der Waals surface area (Å²) in [6.07, 6.45) is 0. The summed E-state index contributed by atoms with van der Waals surface area (Å²) in [4.78, 5) is 24.7. The number of Topliss-reactive ketones (excluding diaryl/α,β-unsaturated/α-hetero) is 2. The first kappa shape index (κ1) is 18.8. The molecule has 0 N–H and O–H groups in total. The molecule has 0 atom stereocenters. The number of hydrogen-bond donors (Lipinski definition) is 0. The number of carbonyl (C=O) groups excluding carboxylic acids is 2. The SMILES string of the molecule is CC(=O)c1c(C)c(C)c(-c2ccccc2-c2ccccc2)c(C)c1C(C)=O. The summed E-state index contributed by atoms with van der Waals surface area (Å²) < 4.78 is 0. The van der Waals surface area contributed by atoms with Crippen LogP contribution in [0.2, 0.25) is 0 Å². The predicted molar refractivity (Wildman–Crippen MR) is 112 cm³/mol. The van der Waals surface area contributed by atoms with E-state index in [0.29, 0.717) is 11.1 Å². The Labute approximate surface area is 160 Å². The molecular weight excluding hydrogens is 332 g/mol. The molecule has 2 nitrogen and oxygen atoms in total. The molecule has 0 unspecified atom stereocenters. The van der Waals surface area contributed by atoms with E-state index >= 15 is 0 Å². The van der Waals surface area contributed by atoms with E-state index in [1.807, 2.05) is 51.1 Å². The number of ketones is 2. The van der Waals surface area contributed by atoms with Crippen LogP contribution in [-0.4, -0.2) is 11.6 Å². The molecule has 0 fully saturated rings. The fourth-order valence-electron chi connectivity index (χ4n) is 4.01. The number of carbonyl (C=O) groups is 2. The minimum Gasteiger partial charge on any atom is -0.294 e. The lowest BCUT2D eigenvalue weighted by Gasteiger charge is -2.22. The zero-order valence-corrected chi connectivity index (χ0v) is 16.5. The summed E-state index contributed by atoms with van der Waals surface area (Å²) >= 11 is 0. The van der Waals surface area contributed by atoms with Gasteiger partial charge in [-0.1, -0.05) is 54.6 Å². The molecule has 0 aromatic heterocycles. The molecule has 27 heavy (non-hydrogen) atoms. The van der Waals surface area contributed by atoms with Gasteiger partial charge in [-0.05, 0) is 73.6 Å². The van der Waals surface area contributed by atoms with Crippen molar-refractivity contribution in [1.82, 2.24) is 0 Å². The van der Waals surface area contributed by atoms with E-state index in [1.54, 1.807) is 0 Å². The van der Waals surface area contributed by atoms with Crippen LogP contribution in [0.15, 0.2) is 54.6 Å². The maximum atomic E-state index is 12.4. The Morgan fingerprint density at radius 1 is 0.593 bits per heavy atom. The first-order chi connectivity index (χ1) is 12.8. The lowest BCUT2D eigenvalue weighted by Crippen LogP contribution is -2.12. The van der Waals surface area contributed by atoms with Crippen LogP contribution in [0.1, 0.15) is 51.3 Å². The minimum absolute atomic E-state index is 0.0632. The maximum absolute atomic E-state index is 12.4. The van der Waals surface area contributed by atoms with Crippen molar-refractivity contribution in [2.24, 2.45) is 0 Å². The summed E-state index contributed by atoms with van der Waals surface area (Å²) in [6.45, 7) is 9.00. The van der Waals surface area contributed by atoms with Crippen LogP contribution in [0.3, 0.4) is 0 Å². The van der Waals surface area contributed by atoms with Crippen molar-refractivity contribution in [3.05, 3.63) is 82.4 Å². The van der Waals surface area contributed by atoms with Gasteiger partial charge in [0.15, 0.2) is 11.6 Å². The smallest absolute Gasteiger partial charge is 0.160 e.